The van der Waals surface area contributed by atoms with Crippen LogP contribution in [0.1, 0.15) is 54.9 Å². The fourth-order valence-electron chi connectivity index (χ4n) is 5.83. The van der Waals surface area contributed by atoms with Gasteiger partial charge in [-0.25, -0.2) is 4.39 Å². The second-order valence-electron chi connectivity index (χ2n) is 11.3. The minimum atomic E-state index is -0.620. The largest absolute Gasteiger partial charge is 0.384 e. The van der Waals surface area contributed by atoms with Gasteiger partial charge in [-0.15, -0.1) is 11.8 Å². The summed E-state index contributed by atoms with van der Waals surface area (Å²) in [7, 11) is 0. The highest BCUT2D eigenvalue weighted by Gasteiger charge is 2.45. The summed E-state index contributed by atoms with van der Waals surface area (Å²) in [6.07, 6.45) is 0.874. The third-order valence-electron chi connectivity index (χ3n) is 7.69. The van der Waals surface area contributed by atoms with Gasteiger partial charge in [0.2, 0.25) is 0 Å². The lowest BCUT2D eigenvalue weighted by Crippen LogP contribution is -2.42. The maximum Gasteiger partial charge on any atom is 0.162 e. The maximum absolute atomic E-state index is 15.1. The zero-order valence-corrected chi connectivity index (χ0v) is 24.6. The number of allylic oxidation sites excluding steroid dienone is 3. The Hall–Kier alpha value is -3.53. The van der Waals surface area contributed by atoms with E-state index in [9.17, 15) is 10.1 Å². The molecular formula is C33H31ClFN3OS. The maximum atomic E-state index is 15.1. The number of halogens is 2. The Morgan fingerprint density at radius 2 is 1.82 bits per heavy atom. The zero-order valence-electron chi connectivity index (χ0n) is 23.0. The quantitative estimate of drug-likeness (QED) is 0.312. The monoisotopic (exact) mass is 571 g/mol. The van der Waals surface area contributed by atoms with Crippen LogP contribution in [0.4, 0.5) is 10.1 Å². The molecule has 5 rings (SSSR count). The molecule has 204 valence electrons. The second kappa shape index (κ2) is 10.8. The van der Waals surface area contributed by atoms with Crippen LogP contribution in [-0.2, 0) is 10.5 Å². The highest BCUT2D eigenvalue weighted by atomic mass is 35.5. The van der Waals surface area contributed by atoms with Crippen molar-refractivity contribution >= 4 is 34.8 Å². The number of thioether (sulfide) groups is 1. The summed E-state index contributed by atoms with van der Waals surface area (Å²) in [6.45, 7) is 8.13. The molecule has 1 aliphatic carbocycles. The third kappa shape index (κ3) is 5.16. The number of benzene rings is 3. The number of anilines is 1. The normalized spacial score (nSPS) is 18.6. The number of nitriles is 1. The van der Waals surface area contributed by atoms with Gasteiger partial charge in [-0.2, -0.15) is 5.26 Å². The van der Waals surface area contributed by atoms with E-state index in [1.54, 1.807) is 34.9 Å². The molecule has 0 spiro atoms. The predicted octanol–water partition coefficient (Wildman–Crippen LogP) is 8.33. The molecule has 1 heterocycles. The molecular weight excluding hydrogens is 541 g/mol. The molecule has 0 aromatic heterocycles. The predicted molar refractivity (Wildman–Crippen MR) is 160 cm³/mol. The van der Waals surface area contributed by atoms with Crippen LogP contribution in [-0.4, -0.2) is 5.78 Å². The first-order valence-electron chi connectivity index (χ1n) is 13.2. The summed E-state index contributed by atoms with van der Waals surface area (Å²) in [6, 6.07) is 20.6. The molecule has 1 atom stereocenters. The van der Waals surface area contributed by atoms with E-state index in [-0.39, 0.29) is 28.3 Å². The zero-order chi connectivity index (χ0) is 28.8. The van der Waals surface area contributed by atoms with Crippen molar-refractivity contribution in [1.82, 2.24) is 0 Å². The van der Waals surface area contributed by atoms with Gasteiger partial charge in [-0.1, -0.05) is 55.3 Å². The Kier molecular flexibility index (Phi) is 7.56. The average molecular weight is 572 g/mol. The Morgan fingerprint density at radius 1 is 1.12 bits per heavy atom. The summed E-state index contributed by atoms with van der Waals surface area (Å²) in [4.78, 5) is 16.6. The van der Waals surface area contributed by atoms with E-state index in [0.29, 0.717) is 34.9 Å². The van der Waals surface area contributed by atoms with Crippen molar-refractivity contribution in [1.29, 1.82) is 5.26 Å². The first-order chi connectivity index (χ1) is 19.0. The number of carbonyl (C=O) groups excluding carboxylic acids is 1. The van der Waals surface area contributed by atoms with Crippen molar-refractivity contribution in [3.63, 3.8) is 0 Å². The lowest BCUT2D eigenvalue weighted by Gasteiger charge is -2.44. The van der Waals surface area contributed by atoms with Crippen molar-refractivity contribution in [2.45, 2.75) is 57.1 Å². The van der Waals surface area contributed by atoms with E-state index in [0.717, 1.165) is 27.1 Å². The Morgan fingerprint density at radius 3 is 2.50 bits per heavy atom. The van der Waals surface area contributed by atoms with Gasteiger partial charge in [0, 0.05) is 33.4 Å². The average Bonchev–Trinajstić information content (AvgIpc) is 2.89. The fourth-order valence-corrected chi connectivity index (χ4v) is 6.91. The second-order valence-corrected chi connectivity index (χ2v) is 12.8. The Bertz CT molecular complexity index is 1620. The SMILES string of the molecule is Cc1cc(CSc2ccc(Cl)cc2)c(C)c(C2C(C#N)=C(N)N(c3ccccc3F)C3=C2C(=O)CC(C)(C)C3)c1. The Labute approximate surface area is 244 Å². The molecule has 4 nitrogen and oxygen atoms in total. The lowest BCUT2D eigenvalue weighted by atomic mass is 9.68. The molecule has 0 saturated carbocycles. The van der Waals surface area contributed by atoms with Gasteiger partial charge in [0.1, 0.15) is 11.6 Å². The standard InChI is InChI=1S/C33H31ClFN3OS/c1-19-13-21(18-40-23-11-9-22(34)10-12-23)20(2)24(14-19)30-25(17-36)32(37)38(27-8-6-5-7-26(27)35)28-15-33(3,4)16-29(39)31(28)30/h5-14,30H,15-16,18,37H2,1-4H3. The smallest absolute Gasteiger partial charge is 0.162 e. The number of para-hydroxylation sites is 1. The molecule has 1 unspecified atom stereocenters. The van der Waals surface area contributed by atoms with Crippen LogP contribution in [0, 0.1) is 36.4 Å². The summed E-state index contributed by atoms with van der Waals surface area (Å²) < 4.78 is 15.1. The number of Topliss-reactive ketones (excluding diaryl/α,β-unsaturated/α-hetero) is 1. The van der Waals surface area contributed by atoms with Crippen LogP contribution in [0.2, 0.25) is 5.02 Å². The number of ketones is 1. The van der Waals surface area contributed by atoms with Crippen LogP contribution in [0.5, 0.6) is 0 Å². The van der Waals surface area contributed by atoms with E-state index in [1.807, 2.05) is 52.0 Å². The van der Waals surface area contributed by atoms with Crippen molar-refractivity contribution < 1.29 is 9.18 Å². The first kappa shape index (κ1) is 28.0. The summed E-state index contributed by atoms with van der Waals surface area (Å²) in [5.74, 6) is -0.233. The molecule has 1 aliphatic heterocycles. The van der Waals surface area contributed by atoms with Crippen molar-refractivity contribution in [3.05, 3.63) is 116 Å². The first-order valence-corrected chi connectivity index (χ1v) is 14.6. The van der Waals surface area contributed by atoms with E-state index in [4.69, 9.17) is 17.3 Å². The van der Waals surface area contributed by atoms with Crippen LogP contribution in [0.15, 0.2) is 88.2 Å². The number of hydrogen-bond acceptors (Lipinski definition) is 5. The van der Waals surface area contributed by atoms with E-state index < -0.39 is 11.7 Å². The van der Waals surface area contributed by atoms with Gasteiger partial charge in [-0.3, -0.25) is 9.69 Å². The molecule has 2 aliphatic rings. The number of nitrogens with zero attached hydrogens (tertiary/aromatic N) is 2. The Balaban J connectivity index is 1.67. The molecule has 0 radical (unpaired) electrons. The summed E-state index contributed by atoms with van der Waals surface area (Å²) >= 11 is 7.76. The summed E-state index contributed by atoms with van der Waals surface area (Å²) in [5, 5.41) is 11.1. The lowest BCUT2D eigenvalue weighted by molar-refractivity contribution is -0.118. The van der Waals surface area contributed by atoms with Gasteiger partial charge >= 0.3 is 0 Å². The minimum absolute atomic E-state index is 0.0316. The number of nitrogens with two attached hydrogens (primary N) is 1. The van der Waals surface area contributed by atoms with Gasteiger partial charge < -0.3 is 5.73 Å². The molecule has 2 N–H and O–H groups in total. The molecule has 7 heteroatoms. The van der Waals surface area contributed by atoms with Crippen molar-refractivity contribution in [3.8, 4) is 6.07 Å². The van der Waals surface area contributed by atoms with Crippen molar-refractivity contribution in [2.24, 2.45) is 11.1 Å². The highest BCUT2D eigenvalue weighted by Crippen LogP contribution is 2.51. The number of aryl methyl sites for hydroxylation is 1. The molecule has 3 aromatic carbocycles. The molecule has 0 fully saturated rings. The van der Waals surface area contributed by atoms with Gasteiger partial charge in [0.25, 0.3) is 0 Å². The van der Waals surface area contributed by atoms with Crippen molar-refractivity contribution in [2.75, 3.05) is 4.90 Å². The third-order valence-corrected chi connectivity index (χ3v) is 9.01. The van der Waals surface area contributed by atoms with E-state index in [2.05, 4.69) is 18.2 Å². The fraction of sp³-hybridized carbons (Fsp3) is 0.273. The number of rotatable bonds is 5. The molecule has 0 bridgehead atoms. The molecule has 0 amide bonds. The molecule has 40 heavy (non-hydrogen) atoms. The van der Waals surface area contributed by atoms with Gasteiger partial charge in [0.15, 0.2) is 5.78 Å². The summed E-state index contributed by atoms with van der Waals surface area (Å²) in [5.41, 5.74) is 12.2. The topological polar surface area (TPSA) is 70.1 Å². The number of hydrogen-bond donors (Lipinski definition) is 1. The van der Waals surface area contributed by atoms with Crippen LogP contribution < -0.4 is 10.6 Å². The minimum Gasteiger partial charge on any atom is -0.384 e. The molecule has 0 saturated heterocycles. The highest BCUT2D eigenvalue weighted by molar-refractivity contribution is 7.98. The van der Waals surface area contributed by atoms with E-state index >= 15 is 4.39 Å². The van der Waals surface area contributed by atoms with Crippen LogP contribution in [0.25, 0.3) is 0 Å². The van der Waals surface area contributed by atoms with Crippen LogP contribution >= 0.6 is 23.4 Å². The van der Waals surface area contributed by atoms with Gasteiger partial charge in [-0.05, 0) is 78.8 Å². The van der Waals surface area contributed by atoms with Gasteiger partial charge in [0.05, 0.1) is 23.2 Å². The van der Waals surface area contributed by atoms with Crippen LogP contribution in [0.3, 0.4) is 0 Å². The number of carbonyl (C=O) groups is 1. The van der Waals surface area contributed by atoms with E-state index in [1.165, 1.54) is 6.07 Å². The molecule has 3 aromatic rings.